The summed E-state index contributed by atoms with van der Waals surface area (Å²) in [6.07, 6.45) is 3.19. The van der Waals surface area contributed by atoms with E-state index in [0.29, 0.717) is 27.1 Å². The summed E-state index contributed by atoms with van der Waals surface area (Å²) in [5.74, 6) is 0.551. The van der Waals surface area contributed by atoms with Gasteiger partial charge in [-0.2, -0.15) is 0 Å². The molecular formula is C17H16N4O2S. The third kappa shape index (κ3) is 3.36. The lowest BCUT2D eigenvalue weighted by molar-refractivity contribution is 0.103. The molecule has 2 aromatic heterocycles. The molecule has 0 aliphatic heterocycles. The lowest BCUT2D eigenvalue weighted by Crippen LogP contribution is -2.12. The summed E-state index contributed by atoms with van der Waals surface area (Å²) in [7, 11) is 0. The molecule has 0 bridgehead atoms. The predicted octanol–water partition coefficient (Wildman–Crippen LogP) is 3.86. The number of carbonyl (C=O) groups excluding carboxylic acids is 1. The maximum absolute atomic E-state index is 12.4. The molecule has 24 heavy (non-hydrogen) atoms. The van der Waals surface area contributed by atoms with Gasteiger partial charge >= 0.3 is 0 Å². The molecule has 1 amide bonds. The largest absolute Gasteiger partial charge is 0.508 e. The average molecular weight is 340 g/mol. The van der Waals surface area contributed by atoms with Gasteiger partial charge in [-0.1, -0.05) is 23.5 Å². The van der Waals surface area contributed by atoms with Gasteiger partial charge in [-0.25, -0.2) is 9.97 Å². The van der Waals surface area contributed by atoms with Crippen molar-refractivity contribution in [3.8, 4) is 5.75 Å². The Balaban J connectivity index is 1.76. The first kappa shape index (κ1) is 15.9. The minimum atomic E-state index is -0.265. The van der Waals surface area contributed by atoms with Gasteiger partial charge < -0.3 is 15.7 Å². The highest BCUT2D eigenvalue weighted by molar-refractivity contribution is 7.17. The van der Waals surface area contributed by atoms with Crippen molar-refractivity contribution in [3.63, 3.8) is 0 Å². The van der Waals surface area contributed by atoms with E-state index in [9.17, 15) is 9.90 Å². The summed E-state index contributed by atoms with van der Waals surface area (Å²) in [6, 6.07) is 8.89. The van der Waals surface area contributed by atoms with E-state index in [0.717, 1.165) is 5.56 Å². The number of aryl methyl sites for hydroxylation is 1. The highest BCUT2D eigenvalue weighted by Crippen LogP contribution is 2.29. The van der Waals surface area contributed by atoms with Crippen LogP contribution in [0.4, 0.5) is 16.6 Å². The third-order valence-corrected chi connectivity index (χ3v) is 4.42. The fraction of sp³-hybridized carbons (Fsp3) is 0.118. The summed E-state index contributed by atoms with van der Waals surface area (Å²) in [4.78, 5) is 21.2. The van der Waals surface area contributed by atoms with E-state index >= 15 is 0 Å². The molecule has 0 aliphatic rings. The lowest BCUT2D eigenvalue weighted by Gasteiger charge is -2.11. The number of rotatable bonds is 4. The van der Waals surface area contributed by atoms with Gasteiger partial charge in [0.25, 0.3) is 5.91 Å². The average Bonchev–Trinajstić information content (AvgIpc) is 3.04. The minimum absolute atomic E-state index is 0.151. The molecule has 0 fully saturated rings. The van der Waals surface area contributed by atoms with Crippen molar-refractivity contribution in [2.75, 3.05) is 10.6 Å². The number of aromatic nitrogens is 2. The monoisotopic (exact) mass is 340 g/mol. The zero-order valence-corrected chi connectivity index (χ0v) is 14.0. The van der Waals surface area contributed by atoms with Gasteiger partial charge in [0, 0.05) is 11.8 Å². The molecule has 3 N–H and O–H groups in total. The van der Waals surface area contributed by atoms with E-state index in [1.807, 2.05) is 25.1 Å². The zero-order chi connectivity index (χ0) is 17.1. The summed E-state index contributed by atoms with van der Waals surface area (Å²) in [5.41, 5.74) is 2.14. The fourth-order valence-corrected chi connectivity index (χ4v) is 2.91. The minimum Gasteiger partial charge on any atom is -0.508 e. The Morgan fingerprint density at radius 1 is 1.17 bits per heavy atom. The van der Waals surface area contributed by atoms with Crippen LogP contribution in [0.25, 0.3) is 0 Å². The topological polar surface area (TPSA) is 87.1 Å². The second kappa shape index (κ2) is 6.67. The smallest absolute Gasteiger partial charge is 0.267 e. The fourth-order valence-electron chi connectivity index (χ4n) is 2.19. The van der Waals surface area contributed by atoms with Crippen molar-refractivity contribution in [1.29, 1.82) is 0 Å². The summed E-state index contributed by atoms with van der Waals surface area (Å²) in [5, 5.41) is 16.3. The van der Waals surface area contributed by atoms with Crippen molar-refractivity contribution >= 4 is 33.9 Å². The molecule has 7 heteroatoms. The third-order valence-electron chi connectivity index (χ3n) is 3.51. The SMILES string of the molecule is Cc1ccc(O)c(C)c1NC(=O)c1cnc(Nc2ccccn2)s1. The molecule has 0 unspecified atom stereocenters. The number of nitrogens with one attached hydrogen (secondary N) is 2. The van der Waals surface area contributed by atoms with Crippen LogP contribution in [0.1, 0.15) is 20.8 Å². The standard InChI is InChI=1S/C17H16N4O2S/c1-10-6-7-12(22)11(2)15(10)21-16(23)13-9-19-17(24-13)20-14-5-3-4-8-18-14/h3-9,22H,1-2H3,(H,21,23)(H,18,19,20). The lowest BCUT2D eigenvalue weighted by atomic mass is 10.1. The van der Waals surface area contributed by atoms with E-state index in [4.69, 9.17) is 0 Å². The van der Waals surface area contributed by atoms with E-state index in [2.05, 4.69) is 20.6 Å². The number of thiazole rings is 1. The molecule has 3 rings (SSSR count). The highest BCUT2D eigenvalue weighted by atomic mass is 32.1. The summed E-state index contributed by atoms with van der Waals surface area (Å²) >= 11 is 1.23. The molecule has 0 spiro atoms. The van der Waals surface area contributed by atoms with Crippen molar-refractivity contribution < 1.29 is 9.90 Å². The van der Waals surface area contributed by atoms with Crippen molar-refractivity contribution in [3.05, 3.63) is 58.7 Å². The number of anilines is 3. The van der Waals surface area contributed by atoms with E-state index in [-0.39, 0.29) is 11.7 Å². The molecule has 2 heterocycles. The van der Waals surface area contributed by atoms with Crippen LogP contribution in [-0.4, -0.2) is 21.0 Å². The van der Waals surface area contributed by atoms with Gasteiger partial charge in [-0.15, -0.1) is 0 Å². The Bertz CT molecular complexity index is 878. The van der Waals surface area contributed by atoms with Crippen LogP contribution in [-0.2, 0) is 0 Å². The number of aromatic hydroxyl groups is 1. The molecular weight excluding hydrogens is 324 g/mol. The number of phenolic OH excluding ortho intramolecular Hbond substituents is 1. The Kier molecular flexibility index (Phi) is 4.43. The summed E-state index contributed by atoms with van der Waals surface area (Å²) in [6.45, 7) is 3.64. The van der Waals surface area contributed by atoms with Crippen LogP contribution < -0.4 is 10.6 Å². The van der Waals surface area contributed by atoms with Gasteiger partial charge in [0.1, 0.15) is 16.4 Å². The molecule has 3 aromatic rings. The van der Waals surface area contributed by atoms with Gasteiger partial charge in [0.2, 0.25) is 0 Å². The number of benzene rings is 1. The molecule has 0 radical (unpaired) electrons. The molecule has 0 atom stereocenters. The number of phenols is 1. The number of hydrogen-bond acceptors (Lipinski definition) is 6. The number of amides is 1. The number of nitrogens with zero attached hydrogens (tertiary/aromatic N) is 2. The van der Waals surface area contributed by atoms with E-state index in [1.54, 1.807) is 25.3 Å². The van der Waals surface area contributed by atoms with Crippen molar-refractivity contribution in [2.45, 2.75) is 13.8 Å². The maximum atomic E-state index is 12.4. The second-order valence-electron chi connectivity index (χ2n) is 5.23. The van der Waals surface area contributed by atoms with Crippen LogP contribution in [0.3, 0.4) is 0 Å². The molecule has 6 nitrogen and oxygen atoms in total. The zero-order valence-electron chi connectivity index (χ0n) is 13.2. The van der Waals surface area contributed by atoms with Gasteiger partial charge in [-0.3, -0.25) is 4.79 Å². The highest BCUT2D eigenvalue weighted by Gasteiger charge is 2.15. The Morgan fingerprint density at radius 2 is 2.00 bits per heavy atom. The second-order valence-corrected chi connectivity index (χ2v) is 6.26. The Morgan fingerprint density at radius 3 is 2.75 bits per heavy atom. The van der Waals surface area contributed by atoms with Crippen molar-refractivity contribution in [1.82, 2.24) is 9.97 Å². The molecule has 0 saturated heterocycles. The molecule has 0 aliphatic carbocycles. The number of hydrogen-bond donors (Lipinski definition) is 3. The first-order chi connectivity index (χ1) is 11.5. The van der Waals surface area contributed by atoms with Gasteiger partial charge in [-0.05, 0) is 37.6 Å². The first-order valence-corrected chi connectivity index (χ1v) is 8.10. The Hall–Kier alpha value is -2.93. The molecule has 1 aromatic carbocycles. The summed E-state index contributed by atoms with van der Waals surface area (Å²) < 4.78 is 0. The Labute approximate surface area is 143 Å². The van der Waals surface area contributed by atoms with E-state index < -0.39 is 0 Å². The van der Waals surface area contributed by atoms with E-state index in [1.165, 1.54) is 17.5 Å². The first-order valence-electron chi connectivity index (χ1n) is 7.29. The van der Waals surface area contributed by atoms with Crippen molar-refractivity contribution in [2.24, 2.45) is 0 Å². The van der Waals surface area contributed by atoms with Crippen LogP contribution >= 0.6 is 11.3 Å². The molecule has 122 valence electrons. The van der Waals surface area contributed by atoms with Crippen LogP contribution in [0, 0.1) is 13.8 Å². The van der Waals surface area contributed by atoms with Crippen LogP contribution in [0.15, 0.2) is 42.7 Å². The van der Waals surface area contributed by atoms with Gasteiger partial charge in [0.05, 0.1) is 11.9 Å². The molecule has 0 saturated carbocycles. The van der Waals surface area contributed by atoms with Gasteiger partial charge in [0.15, 0.2) is 5.13 Å². The normalized spacial score (nSPS) is 10.4. The quantitative estimate of drug-likeness (QED) is 0.671. The number of carbonyl (C=O) groups is 1. The van der Waals surface area contributed by atoms with Crippen LogP contribution in [0.2, 0.25) is 0 Å². The maximum Gasteiger partial charge on any atom is 0.267 e. The predicted molar refractivity (Wildman–Crippen MR) is 95.2 cm³/mol. The van der Waals surface area contributed by atoms with Crippen LogP contribution in [0.5, 0.6) is 5.75 Å². The number of pyridine rings is 1.